The number of aliphatic imine (C=N–C) groups is 1. The monoisotopic (exact) mass is 917 g/mol. The molecule has 0 spiro atoms. The number of carbonyl (C=O) groups excluding carboxylic acids is 6. The molecule has 4 rings (SSSR count). The number of nitrogens with one attached hydrogen (secondary N) is 4. The van der Waals surface area contributed by atoms with Crippen molar-refractivity contribution in [3.05, 3.63) is 71.3 Å². The summed E-state index contributed by atoms with van der Waals surface area (Å²) in [6.45, 7) is 23.3. The Hall–Kier alpha value is -5.93. The second kappa shape index (κ2) is 22.5. The summed E-state index contributed by atoms with van der Waals surface area (Å²) in [6, 6.07) is 12.8. The molecule has 4 atom stereocenters. The van der Waals surface area contributed by atoms with Gasteiger partial charge in [-0.2, -0.15) is 0 Å². The van der Waals surface area contributed by atoms with Gasteiger partial charge in [0.25, 0.3) is 0 Å². The summed E-state index contributed by atoms with van der Waals surface area (Å²) in [7, 11) is 0. The van der Waals surface area contributed by atoms with Gasteiger partial charge in [-0.15, -0.1) is 0 Å². The van der Waals surface area contributed by atoms with E-state index in [1.807, 2.05) is 82.3 Å². The van der Waals surface area contributed by atoms with Gasteiger partial charge in [0, 0.05) is 24.9 Å². The predicted molar refractivity (Wildman–Crippen MR) is 253 cm³/mol. The minimum absolute atomic E-state index is 0.0178. The van der Waals surface area contributed by atoms with Gasteiger partial charge < -0.3 is 34.5 Å². The number of fused-ring (bicyclic) bond motifs is 3. The second-order valence-corrected chi connectivity index (χ2v) is 20.3. The molecule has 1 fully saturated rings. The number of allylic oxidation sites excluding steroid dienone is 1. The molecule has 0 radical (unpaired) electrons. The number of nitrogens with zero attached hydrogens (tertiary/aromatic N) is 2. The van der Waals surface area contributed by atoms with E-state index < -0.39 is 76.9 Å². The number of ether oxygens (including phenoxy) is 4. The van der Waals surface area contributed by atoms with Gasteiger partial charge in [0.05, 0.1) is 0 Å². The van der Waals surface area contributed by atoms with E-state index >= 15 is 0 Å². The molecule has 1 aliphatic carbocycles. The highest BCUT2D eigenvalue weighted by Crippen LogP contribution is 2.44. The highest BCUT2D eigenvalue weighted by atomic mass is 16.6. The topological polar surface area (TPSA) is 203 Å². The molecule has 5 amide bonds. The van der Waals surface area contributed by atoms with Crippen LogP contribution in [0.5, 0.6) is 0 Å². The molecule has 1 aliphatic heterocycles. The lowest BCUT2D eigenvalue weighted by molar-refractivity contribution is -0.159. The van der Waals surface area contributed by atoms with Crippen molar-refractivity contribution in [3.8, 4) is 11.1 Å². The van der Waals surface area contributed by atoms with Crippen LogP contribution in [0.1, 0.15) is 133 Å². The Balaban J connectivity index is 1.58. The van der Waals surface area contributed by atoms with Crippen molar-refractivity contribution < 1.29 is 47.7 Å². The van der Waals surface area contributed by atoms with Crippen LogP contribution in [0.25, 0.3) is 11.1 Å². The summed E-state index contributed by atoms with van der Waals surface area (Å²) in [4.78, 5) is 87.5. The molecule has 362 valence electrons. The molecular formula is C50H72N6O10. The number of carbonyl (C=O) groups is 6. The van der Waals surface area contributed by atoms with E-state index in [1.54, 1.807) is 62.3 Å². The summed E-state index contributed by atoms with van der Waals surface area (Å²) in [6.07, 6.45) is 0.513. The Morgan fingerprint density at radius 1 is 0.742 bits per heavy atom. The van der Waals surface area contributed by atoms with Gasteiger partial charge in [-0.25, -0.2) is 19.2 Å². The van der Waals surface area contributed by atoms with E-state index in [4.69, 9.17) is 18.9 Å². The largest absolute Gasteiger partial charge is 0.458 e. The molecule has 0 aromatic heterocycles. The number of hydrogen-bond donors (Lipinski definition) is 4. The summed E-state index contributed by atoms with van der Waals surface area (Å²) in [5.41, 5.74) is 2.61. The van der Waals surface area contributed by atoms with Gasteiger partial charge >= 0.3 is 24.2 Å². The third kappa shape index (κ3) is 15.6. The Morgan fingerprint density at radius 3 is 1.77 bits per heavy atom. The number of esters is 1. The van der Waals surface area contributed by atoms with Crippen molar-refractivity contribution in [2.45, 2.75) is 157 Å². The SMILES string of the molecule is C/C=C1\CN(C(=O)[C@H](CCCCN=C(NC(=O)OC(C)(C)C)NC(=O)OC(C)(C)C)NC(=O)OCC2c3ccccc3-c3ccccc32)[C@H](C(=O)N[C@@H](CC(C)C)C(=O)OC(C)(C)C)[C@@H]1C. The lowest BCUT2D eigenvalue weighted by Crippen LogP contribution is -2.57. The Kier molecular flexibility index (Phi) is 18.0. The van der Waals surface area contributed by atoms with E-state index in [-0.39, 0.29) is 43.9 Å². The van der Waals surface area contributed by atoms with Gasteiger partial charge in [0.1, 0.15) is 41.5 Å². The van der Waals surface area contributed by atoms with E-state index in [1.165, 1.54) is 4.90 Å². The number of alkyl carbamates (subject to hydrolysis) is 3. The number of amides is 5. The number of guanidine groups is 1. The van der Waals surface area contributed by atoms with Crippen LogP contribution in [0.3, 0.4) is 0 Å². The Labute approximate surface area is 390 Å². The molecule has 0 bridgehead atoms. The van der Waals surface area contributed by atoms with Gasteiger partial charge in [-0.05, 0) is 129 Å². The number of likely N-dealkylation sites (tertiary alicyclic amines) is 1. The predicted octanol–water partition coefficient (Wildman–Crippen LogP) is 8.14. The van der Waals surface area contributed by atoms with Crippen LogP contribution in [0.2, 0.25) is 0 Å². The van der Waals surface area contributed by atoms with E-state index in [9.17, 15) is 28.8 Å². The number of benzene rings is 2. The van der Waals surface area contributed by atoms with Crippen LogP contribution in [0.4, 0.5) is 14.4 Å². The smallest absolute Gasteiger partial charge is 0.414 e. The average molecular weight is 917 g/mol. The summed E-state index contributed by atoms with van der Waals surface area (Å²) in [5.74, 6) is -2.36. The summed E-state index contributed by atoms with van der Waals surface area (Å²) in [5, 5.41) is 10.6. The van der Waals surface area contributed by atoms with Crippen LogP contribution in [0.15, 0.2) is 65.2 Å². The minimum Gasteiger partial charge on any atom is -0.458 e. The quantitative estimate of drug-likeness (QED) is 0.0358. The van der Waals surface area contributed by atoms with Gasteiger partial charge in [0.15, 0.2) is 0 Å². The van der Waals surface area contributed by atoms with Gasteiger partial charge in [-0.1, -0.05) is 75.4 Å². The second-order valence-electron chi connectivity index (χ2n) is 20.3. The summed E-state index contributed by atoms with van der Waals surface area (Å²) >= 11 is 0. The minimum atomic E-state index is -1.14. The molecule has 66 heavy (non-hydrogen) atoms. The number of rotatable bonds is 14. The average Bonchev–Trinajstić information content (AvgIpc) is 3.70. The first-order chi connectivity index (χ1) is 30.8. The molecule has 16 heteroatoms. The molecule has 0 saturated carbocycles. The molecule has 2 aromatic carbocycles. The fraction of sp³-hybridized carbons (Fsp3) is 0.580. The molecule has 2 aromatic rings. The lowest BCUT2D eigenvalue weighted by Gasteiger charge is -2.31. The molecule has 4 N–H and O–H groups in total. The highest BCUT2D eigenvalue weighted by Gasteiger charge is 2.45. The van der Waals surface area contributed by atoms with Crippen molar-refractivity contribution in [2.24, 2.45) is 16.8 Å². The zero-order valence-corrected chi connectivity index (χ0v) is 41.1. The Bertz CT molecular complexity index is 2050. The molecule has 16 nitrogen and oxygen atoms in total. The van der Waals surface area contributed by atoms with Crippen molar-refractivity contribution in [2.75, 3.05) is 19.7 Å². The molecule has 1 saturated heterocycles. The van der Waals surface area contributed by atoms with E-state index in [0.29, 0.717) is 19.3 Å². The van der Waals surface area contributed by atoms with Crippen molar-refractivity contribution in [1.29, 1.82) is 0 Å². The lowest BCUT2D eigenvalue weighted by atomic mass is 9.96. The zero-order valence-electron chi connectivity index (χ0n) is 41.1. The fourth-order valence-electron chi connectivity index (χ4n) is 7.97. The van der Waals surface area contributed by atoms with Gasteiger partial charge in [0.2, 0.25) is 17.8 Å². The third-order valence-electron chi connectivity index (χ3n) is 10.7. The maximum atomic E-state index is 14.8. The standard InChI is InChI=1S/C50H72N6O10/c1-14-32-28-56(40(31(32)4)41(57)52-39(27-30(2)3)43(59)64-48(5,6)7)42(58)38(53-45(60)63-29-37-35-23-17-15-21-33(35)34-22-16-18-24-36(34)37)25-19-20-26-51-44(54-46(61)65-49(8,9)10)55-47(62)66-50(11,12)13/h14-18,21-24,30-31,37-40H,19-20,25-29H2,1-13H3,(H,52,57)(H,53,60)(H2,51,54,55,61,62)/b32-14+/t31-,38+,39+,40+/m1/s1. The molecule has 2 aliphatic rings. The maximum absolute atomic E-state index is 14.8. The van der Waals surface area contributed by atoms with E-state index in [0.717, 1.165) is 27.8 Å². The van der Waals surface area contributed by atoms with Crippen LogP contribution >= 0.6 is 0 Å². The number of hydrogen-bond acceptors (Lipinski definition) is 11. The zero-order chi connectivity index (χ0) is 49.1. The van der Waals surface area contributed by atoms with Crippen LogP contribution in [-0.2, 0) is 33.3 Å². The highest BCUT2D eigenvalue weighted by molar-refractivity contribution is 6.01. The Morgan fingerprint density at radius 2 is 1.27 bits per heavy atom. The van der Waals surface area contributed by atoms with Crippen molar-refractivity contribution >= 4 is 42.0 Å². The fourth-order valence-corrected chi connectivity index (χ4v) is 7.97. The van der Waals surface area contributed by atoms with Crippen LogP contribution in [0, 0.1) is 11.8 Å². The van der Waals surface area contributed by atoms with Crippen molar-refractivity contribution in [1.82, 2.24) is 26.2 Å². The van der Waals surface area contributed by atoms with Crippen LogP contribution in [-0.4, -0.2) is 102 Å². The first-order valence-electron chi connectivity index (χ1n) is 22.9. The van der Waals surface area contributed by atoms with E-state index in [2.05, 4.69) is 26.3 Å². The molecular weight excluding hydrogens is 845 g/mol. The normalized spacial score (nSPS) is 17.5. The number of unbranched alkanes of at least 4 members (excludes halogenated alkanes) is 1. The third-order valence-corrected chi connectivity index (χ3v) is 10.7. The van der Waals surface area contributed by atoms with Gasteiger partial charge in [-0.3, -0.25) is 25.2 Å². The maximum Gasteiger partial charge on any atom is 0.414 e. The van der Waals surface area contributed by atoms with Crippen LogP contribution < -0.4 is 21.3 Å². The first kappa shape index (κ1) is 52.7. The van der Waals surface area contributed by atoms with Crippen molar-refractivity contribution in [3.63, 3.8) is 0 Å². The molecule has 1 heterocycles. The molecule has 0 unspecified atom stereocenters. The summed E-state index contributed by atoms with van der Waals surface area (Å²) < 4.78 is 22.3. The first-order valence-corrected chi connectivity index (χ1v) is 22.9.